The second-order valence-corrected chi connectivity index (χ2v) is 6.18. The van der Waals surface area contributed by atoms with Crippen molar-refractivity contribution in [3.8, 4) is 0 Å². The molecule has 1 atom stereocenters. The second kappa shape index (κ2) is 6.64. The minimum absolute atomic E-state index is 0.119. The second-order valence-electron chi connectivity index (χ2n) is 4.93. The molecule has 4 nitrogen and oxygen atoms in total. The van der Waals surface area contributed by atoms with Gasteiger partial charge in [-0.25, -0.2) is 5.01 Å². The molecule has 0 bridgehead atoms. The van der Waals surface area contributed by atoms with Crippen LogP contribution in [0.15, 0.2) is 17.2 Å². The van der Waals surface area contributed by atoms with Crippen molar-refractivity contribution in [2.45, 2.75) is 24.7 Å². The molecule has 0 spiro atoms. The fourth-order valence-electron chi connectivity index (χ4n) is 2.17. The molecule has 1 aliphatic heterocycles. The fraction of sp³-hybridized carbons (Fsp3) is 0.462. The van der Waals surface area contributed by atoms with E-state index in [0.29, 0.717) is 5.01 Å². The average molecular weight is 392 g/mol. The van der Waals surface area contributed by atoms with Gasteiger partial charge in [-0.05, 0) is 12.1 Å². The van der Waals surface area contributed by atoms with Gasteiger partial charge in [0.15, 0.2) is 0 Å². The molecule has 0 saturated heterocycles. The molecule has 0 aromatic heterocycles. The van der Waals surface area contributed by atoms with E-state index in [4.69, 9.17) is 39.5 Å². The Labute approximate surface area is 145 Å². The van der Waals surface area contributed by atoms with Crippen LogP contribution in [0.4, 0.5) is 18.9 Å². The number of benzene rings is 1. The lowest BCUT2D eigenvalue weighted by atomic mass is 10.0. The molecule has 0 saturated carbocycles. The number of methoxy groups -OCH3 is 1. The van der Waals surface area contributed by atoms with Crippen LogP contribution in [0.3, 0.4) is 0 Å². The summed E-state index contributed by atoms with van der Waals surface area (Å²) in [6.07, 6.45) is -5.57. The maximum Gasteiger partial charge on any atom is 0.438 e. The molecule has 1 aliphatic rings. The van der Waals surface area contributed by atoms with Gasteiger partial charge in [0.25, 0.3) is 5.72 Å². The highest BCUT2D eigenvalue weighted by atomic mass is 35.5. The molecule has 1 aromatic rings. The van der Waals surface area contributed by atoms with Crippen molar-refractivity contribution >= 4 is 46.2 Å². The number of halogens is 6. The van der Waals surface area contributed by atoms with Gasteiger partial charge in [-0.1, -0.05) is 34.8 Å². The smallest absolute Gasteiger partial charge is 0.384 e. The normalized spacial score (nSPS) is 21.7. The molecule has 1 unspecified atom stereocenters. The first-order valence-corrected chi connectivity index (χ1v) is 7.52. The van der Waals surface area contributed by atoms with Gasteiger partial charge in [-0.15, -0.1) is 0 Å². The molecule has 23 heavy (non-hydrogen) atoms. The van der Waals surface area contributed by atoms with Crippen LogP contribution < -0.4 is 5.01 Å². The molecule has 0 fully saturated rings. The highest BCUT2D eigenvalue weighted by Crippen LogP contribution is 2.48. The summed E-state index contributed by atoms with van der Waals surface area (Å²) in [5, 5.41) is 14.3. The van der Waals surface area contributed by atoms with Crippen LogP contribution in [0, 0.1) is 0 Å². The number of hydrogen-bond donors (Lipinski definition) is 1. The highest BCUT2D eigenvalue weighted by molar-refractivity contribution is 6.41. The van der Waals surface area contributed by atoms with Gasteiger partial charge in [-0.3, -0.25) is 0 Å². The fourth-order valence-corrected chi connectivity index (χ4v) is 3.15. The third kappa shape index (κ3) is 3.53. The predicted octanol–water partition coefficient (Wildman–Crippen LogP) is 4.50. The quantitative estimate of drug-likeness (QED) is 0.822. The minimum atomic E-state index is -4.97. The van der Waals surface area contributed by atoms with Gasteiger partial charge < -0.3 is 9.84 Å². The van der Waals surface area contributed by atoms with Crippen LogP contribution in [0.5, 0.6) is 0 Å². The van der Waals surface area contributed by atoms with Crippen molar-refractivity contribution in [2.24, 2.45) is 5.10 Å². The lowest BCUT2D eigenvalue weighted by Crippen LogP contribution is -2.55. The van der Waals surface area contributed by atoms with E-state index in [1.54, 1.807) is 0 Å². The van der Waals surface area contributed by atoms with E-state index in [9.17, 15) is 18.3 Å². The lowest BCUT2D eigenvalue weighted by Gasteiger charge is -2.34. The van der Waals surface area contributed by atoms with E-state index in [0.717, 1.165) is 0 Å². The standard InChI is InChI=1S/C13H12Cl3F3N2O2/c1-23-3-2-8-6-12(22,13(17,18)19)21(20-8)11-9(15)4-7(14)5-10(11)16/h4-5,22H,2-3,6H2,1H3. The number of hydrazone groups is 1. The summed E-state index contributed by atoms with van der Waals surface area (Å²) in [6.45, 7) is 0.169. The summed E-state index contributed by atoms with van der Waals surface area (Å²) in [6, 6.07) is 2.45. The van der Waals surface area contributed by atoms with Gasteiger partial charge in [0.2, 0.25) is 0 Å². The zero-order valence-electron chi connectivity index (χ0n) is 11.8. The van der Waals surface area contributed by atoms with Gasteiger partial charge in [0.1, 0.15) is 5.69 Å². The number of nitrogens with zero attached hydrogens (tertiary/aromatic N) is 2. The van der Waals surface area contributed by atoms with Crippen molar-refractivity contribution in [3.05, 3.63) is 27.2 Å². The van der Waals surface area contributed by atoms with Crippen LogP contribution in [-0.2, 0) is 4.74 Å². The Balaban J connectivity index is 2.53. The first-order valence-electron chi connectivity index (χ1n) is 6.39. The number of aliphatic hydroxyl groups is 1. The van der Waals surface area contributed by atoms with Gasteiger partial charge in [-0.2, -0.15) is 18.3 Å². The summed E-state index contributed by atoms with van der Waals surface area (Å²) in [7, 11) is 1.41. The maximum absolute atomic E-state index is 13.4. The largest absolute Gasteiger partial charge is 0.438 e. The first kappa shape index (κ1) is 18.6. The van der Waals surface area contributed by atoms with Gasteiger partial charge >= 0.3 is 6.18 Å². The Morgan fingerprint density at radius 3 is 2.35 bits per heavy atom. The number of alkyl halides is 3. The average Bonchev–Trinajstić information content (AvgIpc) is 2.73. The van der Waals surface area contributed by atoms with Crippen LogP contribution in [0.1, 0.15) is 12.8 Å². The molecular formula is C13H12Cl3F3N2O2. The topological polar surface area (TPSA) is 45.1 Å². The number of anilines is 1. The summed E-state index contributed by atoms with van der Waals surface area (Å²) >= 11 is 17.7. The molecule has 1 N–H and O–H groups in total. The lowest BCUT2D eigenvalue weighted by molar-refractivity contribution is -0.254. The number of ether oxygens (including phenoxy) is 1. The van der Waals surface area contributed by atoms with Crippen molar-refractivity contribution in [1.29, 1.82) is 0 Å². The summed E-state index contributed by atoms with van der Waals surface area (Å²) in [5.74, 6) is 0. The Morgan fingerprint density at radius 1 is 1.30 bits per heavy atom. The third-order valence-corrected chi connectivity index (χ3v) is 4.08. The Morgan fingerprint density at radius 2 is 1.87 bits per heavy atom. The molecule has 2 rings (SSSR count). The molecule has 128 valence electrons. The van der Waals surface area contributed by atoms with E-state index in [1.165, 1.54) is 19.2 Å². The van der Waals surface area contributed by atoms with E-state index in [1.807, 2.05) is 0 Å². The SMILES string of the molecule is COCCC1=NN(c2c(Cl)cc(Cl)cc2Cl)C(O)(C(F)(F)F)C1. The van der Waals surface area contributed by atoms with Crippen LogP contribution in [-0.4, -0.2) is 36.4 Å². The molecule has 0 aliphatic carbocycles. The van der Waals surface area contributed by atoms with Crippen molar-refractivity contribution < 1.29 is 23.0 Å². The molecule has 1 heterocycles. The van der Waals surface area contributed by atoms with Crippen LogP contribution in [0.2, 0.25) is 15.1 Å². The monoisotopic (exact) mass is 390 g/mol. The highest BCUT2D eigenvalue weighted by Gasteiger charge is 2.62. The van der Waals surface area contributed by atoms with E-state index in [-0.39, 0.29) is 39.5 Å². The van der Waals surface area contributed by atoms with Crippen LogP contribution in [0.25, 0.3) is 0 Å². The van der Waals surface area contributed by atoms with Crippen LogP contribution >= 0.6 is 34.8 Å². The molecule has 0 amide bonds. The third-order valence-electron chi connectivity index (χ3n) is 3.28. The summed E-state index contributed by atoms with van der Waals surface area (Å²) in [4.78, 5) is 0. The minimum Gasteiger partial charge on any atom is -0.384 e. The Hall–Kier alpha value is -0.730. The molecule has 1 aromatic carbocycles. The Kier molecular flexibility index (Phi) is 5.37. The zero-order valence-corrected chi connectivity index (χ0v) is 14.1. The number of hydrogen-bond acceptors (Lipinski definition) is 4. The van der Waals surface area contributed by atoms with Crippen molar-refractivity contribution in [1.82, 2.24) is 0 Å². The summed E-state index contributed by atoms with van der Waals surface area (Å²) < 4.78 is 45.1. The molecule has 10 heteroatoms. The van der Waals surface area contributed by atoms with Gasteiger partial charge in [0.05, 0.1) is 16.7 Å². The maximum atomic E-state index is 13.4. The van der Waals surface area contributed by atoms with E-state index >= 15 is 0 Å². The van der Waals surface area contributed by atoms with Crippen molar-refractivity contribution in [2.75, 3.05) is 18.7 Å². The van der Waals surface area contributed by atoms with Crippen molar-refractivity contribution in [3.63, 3.8) is 0 Å². The molecule has 0 radical (unpaired) electrons. The van der Waals surface area contributed by atoms with E-state index in [2.05, 4.69) is 5.10 Å². The van der Waals surface area contributed by atoms with E-state index < -0.39 is 18.3 Å². The summed E-state index contributed by atoms with van der Waals surface area (Å²) in [5.41, 5.74) is -3.38. The Bertz CT molecular complexity index is 616. The first-order chi connectivity index (χ1) is 10.6. The molecular weight excluding hydrogens is 380 g/mol. The zero-order chi connectivity index (χ0) is 17.4. The predicted molar refractivity (Wildman–Crippen MR) is 83.5 cm³/mol. The van der Waals surface area contributed by atoms with Gasteiger partial charge in [0, 0.05) is 30.7 Å². The number of rotatable bonds is 4.